The smallest absolute Gasteiger partial charge is 0.324 e. The van der Waals surface area contributed by atoms with Crippen molar-refractivity contribution in [3.05, 3.63) is 101 Å². The molecule has 3 aromatic carbocycles. The molecule has 19 heteroatoms. The van der Waals surface area contributed by atoms with Gasteiger partial charge in [0.2, 0.25) is 5.91 Å². The lowest BCUT2D eigenvalue weighted by atomic mass is 9.84. The molecule has 0 saturated carbocycles. The summed E-state index contributed by atoms with van der Waals surface area (Å²) in [5.41, 5.74) is 17.1. The molecule has 5 N–H and O–H groups in total. The third-order valence-corrected chi connectivity index (χ3v) is 17.7. The van der Waals surface area contributed by atoms with E-state index in [1.807, 2.05) is 56.0 Å². The van der Waals surface area contributed by atoms with Gasteiger partial charge in [0.05, 0.1) is 42.1 Å². The number of rotatable bonds is 11. The number of ether oxygens (including phenoxy) is 3. The second-order valence-corrected chi connectivity index (χ2v) is 25.3. The van der Waals surface area contributed by atoms with Gasteiger partial charge in [0.15, 0.2) is 9.84 Å². The second-order valence-electron chi connectivity index (χ2n) is 23.0. The number of anilines is 1. The number of benzene rings is 3. The van der Waals surface area contributed by atoms with Gasteiger partial charge in [-0.1, -0.05) is 63.8 Å². The van der Waals surface area contributed by atoms with Gasteiger partial charge >= 0.3 is 5.97 Å². The third kappa shape index (κ3) is 12.7. The number of hydrogen-bond donors (Lipinski definition) is 4. The van der Waals surface area contributed by atoms with E-state index in [2.05, 4.69) is 60.1 Å². The number of fused-ring (bicyclic) bond motifs is 6. The number of hydrogen-bond acceptors (Lipinski definition) is 14. The maximum Gasteiger partial charge on any atom is 0.324 e. The van der Waals surface area contributed by atoms with Crippen LogP contribution in [0.4, 0.5) is 5.69 Å². The Hall–Kier alpha value is -6.82. The maximum absolute atomic E-state index is 15.0. The van der Waals surface area contributed by atoms with Crippen LogP contribution in [0.15, 0.2) is 72.9 Å². The van der Waals surface area contributed by atoms with Crippen molar-refractivity contribution in [1.29, 1.82) is 0 Å². The molecule has 4 aliphatic heterocycles. The van der Waals surface area contributed by atoms with Crippen molar-refractivity contribution in [3.63, 3.8) is 0 Å². The number of methoxy groups -OCH3 is 1. The summed E-state index contributed by atoms with van der Waals surface area (Å²) in [5, 5.41) is 16.9. The summed E-state index contributed by atoms with van der Waals surface area (Å²) in [6.45, 7) is 14.4. The number of amides is 3. The monoisotopic (exact) mass is 1110 g/mol. The zero-order valence-electron chi connectivity index (χ0n) is 47.2. The molecule has 6 heterocycles. The lowest BCUT2D eigenvalue weighted by molar-refractivity contribution is -0.155. The van der Waals surface area contributed by atoms with Gasteiger partial charge in [-0.15, -0.1) is 0 Å². The van der Waals surface area contributed by atoms with E-state index >= 15 is 0 Å². The number of nitrogens with one attached hydrogen (secondary N) is 2. The van der Waals surface area contributed by atoms with Crippen LogP contribution < -0.4 is 16.5 Å². The number of hydrazine groups is 1. The van der Waals surface area contributed by atoms with Crippen LogP contribution in [-0.4, -0.2) is 151 Å². The molecule has 426 valence electrons. The number of aryl methyl sites for hydroxylation is 1. The number of carbonyl (C=O) groups is 4. The number of pyridine rings is 1. The van der Waals surface area contributed by atoms with Crippen molar-refractivity contribution < 1.29 is 46.9 Å². The predicted octanol–water partition coefficient (Wildman–Crippen LogP) is 6.17. The lowest BCUT2D eigenvalue weighted by Crippen LogP contribution is -2.62. The summed E-state index contributed by atoms with van der Waals surface area (Å²) in [6.07, 6.45) is 2.41. The Bertz CT molecular complexity index is 3320. The van der Waals surface area contributed by atoms with E-state index in [-0.39, 0.29) is 54.6 Å². The summed E-state index contributed by atoms with van der Waals surface area (Å²) in [4.78, 5) is 66.8. The summed E-state index contributed by atoms with van der Waals surface area (Å²) in [6, 6.07) is 17.7. The lowest BCUT2D eigenvalue weighted by Gasteiger charge is -2.37. The number of phenols is 1. The summed E-state index contributed by atoms with van der Waals surface area (Å²) >= 11 is 0. The first-order valence-electron chi connectivity index (χ1n) is 27.9. The first kappa shape index (κ1) is 57.9. The first-order chi connectivity index (χ1) is 38.1. The number of nitrogens with zero attached hydrogens (tertiary/aromatic N) is 5. The van der Waals surface area contributed by atoms with Gasteiger partial charge in [0, 0.05) is 98.6 Å². The number of nitrogens with two attached hydrogens (primary N) is 1. The largest absolute Gasteiger partial charge is 0.508 e. The fourth-order valence-corrected chi connectivity index (χ4v) is 13.1. The molecule has 6 atom stereocenters. The molecule has 0 radical (unpaired) electrons. The minimum atomic E-state index is -3.03. The Morgan fingerprint density at radius 1 is 1.01 bits per heavy atom. The van der Waals surface area contributed by atoms with E-state index in [1.54, 1.807) is 44.6 Å². The Kier molecular flexibility index (Phi) is 17.4. The topological polar surface area (TPSA) is 228 Å². The third-order valence-electron chi connectivity index (χ3n) is 16.1. The number of carbonyl (C=O) groups excluding carboxylic acids is 4. The number of aromatic hydroxyl groups is 1. The molecule has 18 nitrogen and oxygen atoms in total. The zero-order chi connectivity index (χ0) is 57.2. The van der Waals surface area contributed by atoms with Gasteiger partial charge < -0.3 is 39.8 Å². The van der Waals surface area contributed by atoms with E-state index in [1.165, 1.54) is 9.91 Å². The maximum atomic E-state index is 15.0. The van der Waals surface area contributed by atoms with Gasteiger partial charge in [0.1, 0.15) is 30.0 Å². The highest BCUT2D eigenvalue weighted by atomic mass is 32.2. The van der Waals surface area contributed by atoms with Crippen LogP contribution >= 0.6 is 0 Å². The number of esters is 1. The van der Waals surface area contributed by atoms with Crippen molar-refractivity contribution in [2.24, 2.45) is 11.3 Å². The fourth-order valence-electron chi connectivity index (χ4n) is 11.8. The SMILES string of the molecule is CCn1c(-c2cc(C#CCN3CCS(=O)(=O)CC3)cnc2C(C)OC)c2c3cc(ccc31)-c1cc(O)cc(c1)CC(NC(=O)C(C(C)C)N(C)C(=O)C1OCCC1c1ccc(N)cc1)C(=O)N1CCCC(N1)C(=O)OCC(C)(C)C2. The summed E-state index contributed by atoms with van der Waals surface area (Å²) in [7, 11) is 0.200. The molecule has 6 unspecified atom stereocenters. The van der Waals surface area contributed by atoms with Crippen molar-refractivity contribution in [2.45, 2.75) is 116 Å². The van der Waals surface area contributed by atoms with Gasteiger partial charge in [-0.3, -0.25) is 34.1 Å². The van der Waals surface area contributed by atoms with E-state index in [0.29, 0.717) is 86.5 Å². The summed E-state index contributed by atoms with van der Waals surface area (Å²) in [5.74, 6) is 4.21. The van der Waals surface area contributed by atoms with Gasteiger partial charge in [-0.2, -0.15) is 0 Å². The van der Waals surface area contributed by atoms with Crippen molar-refractivity contribution in [2.75, 3.05) is 70.8 Å². The molecule has 2 aromatic heterocycles. The number of nitrogen functional groups attached to an aromatic ring is 1. The van der Waals surface area contributed by atoms with Crippen molar-refractivity contribution in [3.8, 4) is 40.0 Å². The first-order valence-corrected chi connectivity index (χ1v) is 29.7. The van der Waals surface area contributed by atoms with E-state index in [9.17, 15) is 32.7 Å². The Morgan fingerprint density at radius 3 is 2.48 bits per heavy atom. The van der Waals surface area contributed by atoms with Gasteiger partial charge in [-0.25, -0.2) is 13.8 Å². The molecule has 3 amide bonds. The Labute approximate surface area is 469 Å². The molecule has 4 aliphatic rings. The molecule has 0 spiro atoms. The Balaban J connectivity index is 1.10. The number of sulfone groups is 1. The molecule has 3 fully saturated rings. The Morgan fingerprint density at radius 2 is 1.76 bits per heavy atom. The van der Waals surface area contributed by atoms with E-state index in [4.69, 9.17) is 24.9 Å². The minimum Gasteiger partial charge on any atom is -0.508 e. The molecule has 5 aromatic rings. The fraction of sp³-hybridized carbons (Fsp3) is 0.492. The zero-order valence-corrected chi connectivity index (χ0v) is 48.0. The molecular weight excluding hydrogens is 1040 g/mol. The highest BCUT2D eigenvalue weighted by molar-refractivity contribution is 7.91. The van der Waals surface area contributed by atoms with Gasteiger partial charge in [-0.05, 0) is 116 Å². The van der Waals surface area contributed by atoms with E-state index in [0.717, 1.165) is 38.9 Å². The second kappa shape index (κ2) is 24.1. The molecule has 3 saturated heterocycles. The van der Waals surface area contributed by atoms with Crippen LogP contribution in [0.1, 0.15) is 101 Å². The van der Waals surface area contributed by atoms with Crippen molar-refractivity contribution >= 4 is 50.1 Å². The predicted molar refractivity (Wildman–Crippen MR) is 307 cm³/mol. The normalized spacial score (nSPS) is 22.2. The van der Waals surface area contributed by atoms with Crippen LogP contribution in [0, 0.1) is 23.2 Å². The molecular formula is C61H76N8O10S. The van der Waals surface area contributed by atoms with Crippen LogP contribution in [0.2, 0.25) is 0 Å². The average Bonchev–Trinajstić information content (AvgIpc) is 4.14. The summed E-state index contributed by atoms with van der Waals surface area (Å²) < 4.78 is 44.7. The van der Waals surface area contributed by atoms with Gasteiger partial charge in [0.25, 0.3) is 11.8 Å². The van der Waals surface area contributed by atoms with Crippen LogP contribution in [0.3, 0.4) is 0 Å². The van der Waals surface area contributed by atoms with Crippen LogP contribution in [0.25, 0.3) is 33.3 Å². The molecule has 80 heavy (non-hydrogen) atoms. The van der Waals surface area contributed by atoms with Crippen LogP contribution in [-0.2, 0) is 62.6 Å². The number of aromatic nitrogens is 2. The number of phenolic OH excluding ortho intramolecular Hbond substituents is 1. The number of likely N-dealkylation sites (N-methyl/N-ethyl adjacent to an activating group) is 1. The highest BCUT2D eigenvalue weighted by Crippen LogP contribution is 2.43. The molecule has 6 bridgehead atoms. The standard InChI is InChI=1S/C61H76N8O10S/c1-9-68-52-19-16-42-33-47(52)49(55(68)48-30-39(35-63-53(48)38(4)77-8)12-10-21-67-23-26-80(75,76)27-24-67)34-61(5,6)36-79-60(74)50-13-11-22-69(65-50)58(72)51(31-40-28-43(42)32-45(70)29-40)64-57(71)54(37(2)3)66(7)59(73)56-46(20-25-78-56)41-14-17-44(62)18-15-41/h14-19,28-30,32-33,35,37-38,46,50-51,54,56,65,70H,9,11,13,20-27,31,34,36,62H2,1-8H3,(H,64,71). The quantitative estimate of drug-likeness (QED) is 0.0659. The molecule has 0 aliphatic carbocycles. The van der Waals surface area contributed by atoms with E-state index < -0.39 is 63.4 Å². The average molecular weight is 1110 g/mol. The minimum absolute atomic E-state index is 0.0401. The number of cyclic esters (lactones) is 1. The molecule has 9 rings (SSSR count). The highest BCUT2D eigenvalue weighted by Gasteiger charge is 2.42. The van der Waals surface area contributed by atoms with Crippen LogP contribution in [0.5, 0.6) is 5.75 Å². The van der Waals surface area contributed by atoms with Crippen molar-refractivity contribution in [1.82, 2.24) is 35.1 Å².